The molecule has 114 valence electrons. The first-order valence-electron chi connectivity index (χ1n) is 6.39. The SMILES string of the molecule is CN(C)Cc1nc2cc(F)c(F)cc2n1C(C)(C)C(=O)O. The maximum atomic E-state index is 13.5. The minimum absolute atomic E-state index is 0.236. The van der Waals surface area contributed by atoms with E-state index in [1.165, 1.54) is 18.4 Å². The van der Waals surface area contributed by atoms with E-state index in [0.29, 0.717) is 12.4 Å². The summed E-state index contributed by atoms with van der Waals surface area (Å²) in [7, 11) is 3.61. The molecule has 0 spiro atoms. The zero-order valence-corrected chi connectivity index (χ0v) is 12.3. The Bertz CT molecular complexity index is 708. The quantitative estimate of drug-likeness (QED) is 0.940. The van der Waals surface area contributed by atoms with Crippen molar-refractivity contribution in [1.29, 1.82) is 0 Å². The molecule has 0 aliphatic carbocycles. The van der Waals surface area contributed by atoms with Gasteiger partial charge < -0.3 is 14.6 Å². The number of halogens is 2. The van der Waals surface area contributed by atoms with Crippen LogP contribution in [0.3, 0.4) is 0 Å². The monoisotopic (exact) mass is 297 g/mol. The first-order valence-corrected chi connectivity index (χ1v) is 6.39. The van der Waals surface area contributed by atoms with Crippen molar-refractivity contribution < 1.29 is 18.7 Å². The average molecular weight is 297 g/mol. The number of carboxylic acid groups (broad SMARTS) is 1. The normalized spacial score (nSPS) is 12.3. The summed E-state index contributed by atoms with van der Waals surface area (Å²) in [6.45, 7) is 3.35. The van der Waals surface area contributed by atoms with Crippen molar-refractivity contribution in [2.24, 2.45) is 0 Å². The van der Waals surface area contributed by atoms with Crippen molar-refractivity contribution in [1.82, 2.24) is 14.5 Å². The number of carbonyl (C=O) groups is 1. The van der Waals surface area contributed by atoms with Gasteiger partial charge in [0.2, 0.25) is 0 Å². The van der Waals surface area contributed by atoms with Crippen LogP contribution < -0.4 is 0 Å². The summed E-state index contributed by atoms with van der Waals surface area (Å²) in [4.78, 5) is 17.6. The maximum Gasteiger partial charge on any atom is 0.329 e. The van der Waals surface area contributed by atoms with Crippen LogP contribution in [0.15, 0.2) is 12.1 Å². The van der Waals surface area contributed by atoms with Crippen LogP contribution in [0.25, 0.3) is 11.0 Å². The molecule has 5 nitrogen and oxygen atoms in total. The van der Waals surface area contributed by atoms with E-state index in [-0.39, 0.29) is 11.0 Å². The van der Waals surface area contributed by atoms with Gasteiger partial charge in [0.25, 0.3) is 0 Å². The highest BCUT2D eigenvalue weighted by atomic mass is 19.2. The van der Waals surface area contributed by atoms with Gasteiger partial charge in [0, 0.05) is 12.1 Å². The molecule has 2 aromatic rings. The summed E-state index contributed by atoms with van der Waals surface area (Å²) in [6.07, 6.45) is 0. The average Bonchev–Trinajstić information content (AvgIpc) is 2.66. The van der Waals surface area contributed by atoms with E-state index < -0.39 is 23.1 Å². The van der Waals surface area contributed by atoms with Crippen molar-refractivity contribution in [2.45, 2.75) is 25.9 Å². The highest BCUT2D eigenvalue weighted by Crippen LogP contribution is 2.28. The number of benzene rings is 1. The minimum atomic E-state index is -1.33. The lowest BCUT2D eigenvalue weighted by atomic mass is 10.1. The van der Waals surface area contributed by atoms with Crippen molar-refractivity contribution in [3.63, 3.8) is 0 Å². The van der Waals surface area contributed by atoms with Crippen LogP contribution in [0, 0.1) is 11.6 Å². The van der Waals surface area contributed by atoms with Gasteiger partial charge in [-0.15, -0.1) is 0 Å². The van der Waals surface area contributed by atoms with Crippen molar-refractivity contribution in [3.05, 3.63) is 29.6 Å². The van der Waals surface area contributed by atoms with Gasteiger partial charge in [-0.05, 0) is 27.9 Å². The molecule has 1 aromatic heterocycles. The lowest BCUT2D eigenvalue weighted by Crippen LogP contribution is -2.37. The number of aromatic nitrogens is 2. The van der Waals surface area contributed by atoms with Gasteiger partial charge in [-0.2, -0.15) is 0 Å². The largest absolute Gasteiger partial charge is 0.480 e. The lowest BCUT2D eigenvalue weighted by Gasteiger charge is -2.25. The third kappa shape index (κ3) is 2.61. The predicted molar refractivity (Wildman–Crippen MR) is 74.0 cm³/mol. The van der Waals surface area contributed by atoms with Crippen LogP contribution in [-0.2, 0) is 16.9 Å². The number of carboxylic acids is 1. The molecule has 1 heterocycles. The number of rotatable bonds is 4. The zero-order chi connectivity index (χ0) is 15.9. The molecule has 1 aromatic carbocycles. The number of imidazole rings is 1. The van der Waals surface area contributed by atoms with E-state index in [2.05, 4.69) is 4.98 Å². The molecule has 0 radical (unpaired) electrons. The fourth-order valence-corrected chi connectivity index (χ4v) is 2.23. The molecule has 0 saturated carbocycles. The van der Waals surface area contributed by atoms with E-state index in [9.17, 15) is 18.7 Å². The Morgan fingerprint density at radius 1 is 1.33 bits per heavy atom. The summed E-state index contributed by atoms with van der Waals surface area (Å²) in [5.41, 5.74) is -0.831. The second kappa shape index (κ2) is 5.07. The Labute approximate surface area is 120 Å². The number of fused-ring (bicyclic) bond motifs is 1. The predicted octanol–water partition coefficient (Wildman–Crippen LogP) is 2.20. The van der Waals surface area contributed by atoms with Crippen molar-refractivity contribution in [3.8, 4) is 0 Å². The first-order chi connectivity index (χ1) is 9.64. The highest BCUT2D eigenvalue weighted by Gasteiger charge is 2.33. The molecule has 0 atom stereocenters. The summed E-state index contributed by atoms with van der Waals surface area (Å²) in [6, 6.07) is 1.97. The van der Waals surface area contributed by atoms with E-state index in [4.69, 9.17) is 0 Å². The molecule has 0 saturated heterocycles. The van der Waals surface area contributed by atoms with Crippen LogP contribution in [-0.4, -0.2) is 39.6 Å². The van der Waals surface area contributed by atoms with Crippen LogP contribution in [0.5, 0.6) is 0 Å². The molecular formula is C14H17F2N3O2. The molecule has 0 aliphatic rings. The van der Waals surface area contributed by atoms with E-state index in [0.717, 1.165) is 12.1 Å². The summed E-state index contributed by atoms with van der Waals surface area (Å²) >= 11 is 0. The third-order valence-corrected chi connectivity index (χ3v) is 3.31. The van der Waals surface area contributed by atoms with E-state index in [1.54, 1.807) is 14.1 Å². The molecule has 7 heteroatoms. The maximum absolute atomic E-state index is 13.5. The molecular weight excluding hydrogens is 280 g/mol. The van der Waals surface area contributed by atoms with E-state index >= 15 is 0 Å². The molecule has 0 fully saturated rings. The fraction of sp³-hybridized carbons (Fsp3) is 0.429. The second-order valence-electron chi connectivity index (χ2n) is 5.72. The second-order valence-corrected chi connectivity index (χ2v) is 5.72. The number of hydrogen-bond acceptors (Lipinski definition) is 3. The molecule has 0 bridgehead atoms. The number of nitrogens with zero attached hydrogens (tertiary/aromatic N) is 3. The lowest BCUT2D eigenvalue weighted by molar-refractivity contribution is -0.145. The summed E-state index contributed by atoms with van der Waals surface area (Å²) in [5.74, 6) is -2.67. The Balaban J connectivity index is 2.80. The van der Waals surface area contributed by atoms with Crippen LogP contribution in [0.2, 0.25) is 0 Å². The minimum Gasteiger partial charge on any atom is -0.480 e. The van der Waals surface area contributed by atoms with E-state index in [1.807, 2.05) is 4.90 Å². The number of aliphatic carboxylic acids is 1. The van der Waals surface area contributed by atoms with Gasteiger partial charge in [-0.3, -0.25) is 0 Å². The van der Waals surface area contributed by atoms with Gasteiger partial charge in [0.15, 0.2) is 11.6 Å². The van der Waals surface area contributed by atoms with Crippen molar-refractivity contribution in [2.75, 3.05) is 14.1 Å². The molecule has 21 heavy (non-hydrogen) atoms. The first kappa shape index (κ1) is 15.4. The van der Waals surface area contributed by atoms with Crippen molar-refractivity contribution >= 4 is 17.0 Å². The molecule has 0 unspecified atom stereocenters. The smallest absolute Gasteiger partial charge is 0.329 e. The Hall–Kier alpha value is -2.02. The Morgan fingerprint density at radius 2 is 1.90 bits per heavy atom. The van der Waals surface area contributed by atoms with Crippen LogP contribution in [0.4, 0.5) is 8.78 Å². The molecule has 0 amide bonds. The van der Waals surface area contributed by atoms with Crippen LogP contribution >= 0.6 is 0 Å². The number of hydrogen-bond donors (Lipinski definition) is 1. The standard InChI is InChI=1S/C14H17F2N3O2/c1-14(2,13(20)21)19-11-6-9(16)8(15)5-10(11)17-12(19)7-18(3)4/h5-6H,7H2,1-4H3,(H,20,21). The third-order valence-electron chi connectivity index (χ3n) is 3.31. The fourth-order valence-electron chi connectivity index (χ4n) is 2.23. The molecule has 2 rings (SSSR count). The summed E-state index contributed by atoms with van der Waals surface area (Å²) in [5, 5.41) is 9.42. The zero-order valence-electron chi connectivity index (χ0n) is 12.3. The van der Waals surface area contributed by atoms with Gasteiger partial charge in [0.05, 0.1) is 17.6 Å². The van der Waals surface area contributed by atoms with Crippen LogP contribution in [0.1, 0.15) is 19.7 Å². The topological polar surface area (TPSA) is 58.4 Å². The Morgan fingerprint density at radius 3 is 2.43 bits per heavy atom. The summed E-state index contributed by atoms with van der Waals surface area (Å²) < 4.78 is 28.3. The molecule has 1 N–H and O–H groups in total. The van der Waals surface area contributed by atoms with Gasteiger partial charge >= 0.3 is 5.97 Å². The Kier molecular flexibility index (Phi) is 3.71. The van der Waals surface area contributed by atoms with Gasteiger partial charge in [0.1, 0.15) is 11.4 Å². The van der Waals surface area contributed by atoms with Gasteiger partial charge in [-0.1, -0.05) is 0 Å². The highest BCUT2D eigenvalue weighted by molar-refractivity contribution is 5.82. The molecule has 0 aliphatic heterocycles. The van der Waals surface area contributed by atoms with Gasteiger partial charge in [-0.25, -0.2) is 18.6 Å².